The molecule has 146 valence electrons. The van der Waals surface area contributed by atoms with Crippen LogP contribution in [0.4, 0.5) is 5.69 Å². The summed E-state index contributed by atoms with van der Waals surface area (Å²) < 4.78 is 4.99. The molecule has 1 aromatic rings. The second-order valence-electron chi connectivity index (χ2n) is 6.96. The highest BCUT2D eigenvalue weighted by molar-refractivity contribution is 7.99. The number of benzene rings is 1. The van der Waals surface area contributed by atoms with E-state index in [0.717, 1.165) is 12.0 Å². The predicted octanol–water partition coefficient (Wildman–Crippen LogP) is 2.84. The van der Waals surface area contributed by atoms with Crippen molar-refractivity contribution < 1.29 is 14.5 Å². The number of amides is 1. The molecule has 1 aliphatic heterocycles. The number of methoxy groups -OCH3 is 1. The fraction of sp³-hybridized carbons (Fsp3) is 0.588. The molecule has 7 nitrogen and oxygen atoms in total. The monoisotopic (exact) mass is 403 g/mol. The number of carbonyl (C=O) groups is 1. The fourth-order valence-electron chi connectivity index (χ4n) is 2.90. The molecule has 0 aromatic heterocycles. The van der Waals surface area contributed by atoms with Crippen LogP contribution in [0, 0.1) is 15.5 Å². The number of thioether (sulfide) groups is 1. The van der Waals surface area contributed by atoms with Gasteiger partial charge in [-0.2, -0.15) is 0 Å². The zero-order chi connectivity index (χ0) is 18.6. The molecule has 1 saturated heterocycles. The number of ether oxygens (including phenoxy) is 1. The molecule has 0 bridgehead atoms. The standard InChI is InChI=1S/C17H25N3O4S.ClH/c1-17(2)11-19(7-6-15(17)18)16(21)10-25-9-12-4-5-14(24-3)13(8-12)20(22)23;/h4-5,8,15H,6-7,9-11,18H2,1-3H3;1H. The van der Waals surface area contributed by atoms with Crippen LogP contribution in [0.1, 0.15) is 25.8 Å². The molecule has 1 aromatic carbocycles. The van der Waals surface area contributed by atoms with E-state index in [-0.39, 0.29) is 41.2 Å². The van der Waals surface area contributed by atoms with E-state index >= 15 is 0 Å². The Kier molecular flexibility index (Phi) is 8.17. The Morgan fingerprint density at radius 3 is 2.77 bits per heavy atom. The Labute approximate surface area is 164 Å². The molecule has 1 unspecified atom stereocenters. The average molecular weight is 404 g/mol. The summed E-state index contributed by atoms with van der Waals surface area (Å²) >= 11 is 1.46. The average Bonchev–Trinajstić information content (AvgIpc) is 2.56. The lowest BCUT2D eigenvalue weighted by Gasteiger charge is -2.42. The van der Waals surface area contributed by atoms with Crippen molar-refractivity contribution in [2.24, 2.45) is 11.1 Å². The normalized spacial score (nSPS) is 18.8. The van der Waals surface area contributed by atoms with Gasteiger partial charge in [0.25, 0.3) is 0 Å². The van der Waals surface area contributed by atoms with E-state index < -0.39 is 4.92 Å². The van der Waals surface area contributed by atoms with Gasteiger partial charge in [-0.15, -0.1) is 24.2 Å². The smallest absolute Gasteiger partial charge is 0.311 e. The van der Waals surface area contributed by atoms with Gasteiger partial charge in [0.15, 0.2) is 5.75 Å². The molecule has 2 N–H and O–H groups in total. The molecule has 0 radical (unpaired) electrons. The topological polar surface area (TPSA) is 98.7 Å². The van der Waals surface area contributed by atoms with Crippen molar-refractivity contribution in [1.82, 2.24) is 4.90 Å². The lowest BCUT2D eigenvalue weighted by molar-refractivity contribution is -0.385. The molecule has 2 rings (SSSR count). The highest BCUT2D eigenvalue weighted by Gasteiger charge is 2.35. The van der Waals surface area contributed by atoms with E-state index in [2.05, 4.69) is 13.8 Å². The molecule has 0 spiro atoms. The minimum absolute atomic E-state index is 0. The van der Waals surface area contributed by atoms with Crippen LogP contribution < -0.4 is 10.5 Å². The van der Waals surface area contributed by atoms with Gasteiger partial charge in [-0.1, -0.05) is 19.9 Å². The van der Waals surface area contributed by atoms with Crippen molar-refractivity contribution in [3.05, 3.63) is 33.9 Å². The third-order valence-electron chi connectivity index (χ3n) is 4.60. The number of piperidine rings is 1. The summed E-state index contributed by atoms with van der Waals surface area (Å²) in [5, 5.41) is 11.1. The van der Waals surface area contributed by atoms with Gasteiger partial charge in [0.2, 0.25) is 5.91 Å². The minimum atomic E-state index is -0.461. The molecular formula is C17H26ClN3O4S. The minimum Gasteiger partial charge on any atom is -0.490 e. The van der Waals surface area contributed by atoms with Crippen LogP contribution >= 0.6 is 24.2 Å². The van der Waals surface area contributed by atoms with Crippen molar-refractivity contribution in [2.75, 3.05) is 26.0 Å². The van der Waals surface area contributed by atoms with Crippen LogP contribution in [0.15, 0.2) is 18.2 Å². The van der Waals surface area contributed by atoms with Crippen LogP contribution in [-0.2, 0) is 10.5 Å². The number of hydrogen-bond donors (Lipinski definition) is 1. The van der Waals surface area contributed by atoms with Crippen molar-refractivity contribution in [2.45, 2.75) is 32.1 Å². The van der Waals surface area contributed by atoms with Crippen molar-refractivity contribution in [3.63, 3.8) is 0 Å². The lowest BCUT2D eigenvalue weighted by atomic mass is 9.80. The molecule has 1 atom stereocenters. The van der Waals surface area contributed by atoms with E-state index in [4.69, 9.17) is 10.5 Å². The van der Waals surface area contributed by atoms with Crippen LogP contribution in [0.25, 0.3) is 0 Å². The van der Waals surface area contributed by atoms with Crippen molar-refractivity contribution in [3.8, 4) is 5.75 Å². The van der Waals surface area contributed by atoms with E-state index in [1.165, 1.54) is 24.9 Å². The van der Waals surface area contributed by atoms with Crippen molar-refractivity contribution in [1.29, 1.82) is 0 Å². The molecule has 0 aliphatic carbocycles. The Morgan fingerprint density at radius 1 is 1.50 bits per heavy atom. The summed E-state index contributed by atoms with van der Waals surface area (Å²) in [5.74, 6) is 1.22. The summed E-state index contributed by atoms with van der Waals surface area (Å²) in [6, 6.07) is 4.99. The summed E-state index contributed by atoms with van der Waals surface area (Å²) in [6.45, 7) is 5.53. The summed E-state index contributed by atoms with van der Waals surface area (Å²) in [5.41, 5.74) is 6.77. The molecular weight excluding hydrogens is 378 g/mol. The van der Waals surface area contributed by atoms with Gasteiger partial charge >= 0.3 is 5.69 Å². The number of nitro benzene ring substituents is 1. The van der Waals surface area contributed by atoms with Crippen molar-refractivity contribution >= 4 is 35.8 Å². The van der Waals surface area contributed by atoms with Gasteiger partial charge in [-0.05, 0) is 23.5 Å². The number of likely N-dealkylation sites (tertiary alicyclic amines) is 1. The molecule has 1 heterocycles. The van der Waals surface area contributed by atoms with E-state index in [0.29, 0.717) is 24.6 Å². The summed E-state index contributed by atoms with van der Waals surface area (Å²) in [6.07, 6.45) is 0.814. The summed E-state index contributed by atoms with van der Waals surface area (Å²) in [4.78, 5) is 24.9. The van der Waals surface area contributed by atoms with Gasteiger partial charge in [0, 0.05) is 31.0 Å². The Hall–Kier alpha value is -1.51. The van der Waals surface area contributed by atoms with Crippen LogP contribution in [-0.4, -0.2) is 47.7 Å². The number of nitrogens with two attached hydrogens (primary N) is 1. The molecule has 1 amide bonds. The SMILES string of the molecule is COc1ccc(CSCC(=O)N2CCC(N)C(C)(C)C2)cc1[N+](=O)[O-].Cl. The quantitative estimate of drug-likeness (QED) is 0.579. The van der Waals surface area contributed by atoms with Gasteiger partial charge in [0.1, 0.15) is 0 Å². The fourth-order valence-corrected chi connectivity index (χ4v) is 3.78. The second kappa shape index (κ2) is 9.43. The van der Waals surface area contributed by atoms with Crippen LogP contribution in [0.2, 0.25) is 0 Å². The molecule has 9 heteroatoms. The Morgan fingerprint density at radius 2 is 2.19 bits per heavy atom. The first-order valence-corrected chi connectivity index (χ1v) is 9.32. The van der Waals surface area contributed by atoms with Gasteiger partial charge in [0.05, 0.1) is 17.8 Å². The zero-order valence-electron chi connectivity index (χ0n) is 15.3. The third-order valence-corrected chi connectivity index (χ3v) is 5.59. The van der Waals surface area contributed by atoms with Crippen LogP contribution in [0.5, 0.6) is 5.75 Å². The maximum Gasteiger partial charge on any atom is 0.311 e. The Balaban J connectivity index is 0.00000338. The number of carbonyl (C=O) groups excluding carboxylic acids is 1. The van der Waals surface area contributed by atoms with E-state index in [9.17, 15) is 14.9 Å². The largest absolute Gasteiger partial charge is 0.490 e. The second-order valence-corrected chi connectivity index (χ2v) is 7.94. The highest BCUT2D eigenvalue weighted by Crippen LogP contribution is 2.30. The molecule has 26 heavy (non-hydrogen) atoms. The number of nitrogens with zero attached hydrogens (tertiary/aromatic N) is 2. The third kappa shape index (κ3) is 5.49. The molecule has 0 saturated carbocycles. The lowest BCUT2D eigenvalue weighted by Crippen LogP contribution is -2.54. The highest BCUT2D eigenvalue weighted by atomic mass is 35.5. The maximum absolute atomic E-state index is 12.4. The zero-order valence-corrected chi connectivity index (χ0v) is 16.9. The summed E-state index contributed by atoms with van der Waals surface area (Å²) in [7, 11) is 1.40. The number of nitro groups is 1. The molecule has 1 fully saturated rings. The number of hydrogen-bond acceptors (Lipinski definition) is 6. The van der Waals surface area contributed by atoms with Crippen LogP contribution in [0.3, 0.4) is 0 Å². The number of rotatable bonds is 6. The van der Waals surface area contributed by atoms with E-state index in [1.54, 1.807) is 12.1 Å². The Bertz CT molecular complexity index is 657. The first-order valence-electron chi connectivity index (χ1n) is 8.17. The predicted molar refractivity (Wildman–Crippen MR) is 106 cm³/mol. The first-order chi connectivity index (χ1) is 11.7. The maximum atomic E-state index is 12.4. The van der Waals surface area contributed by atoms with Gasteiger partial charge in [-0.25, -0.2) is 0 Å². The first kappa shape index (κ1) is 22.5. The van der Waals surface area contributed by atoms with E-state index in [1.807, 2.05) is 4.90 Å². The van der Waals surface area contributed by atoms with Gasteiger partial charge in [-0.3, -0.25) is 14.9 Å². The molecule has 1 aliphatic rings. The van der Waals surface area contributed by atoms with Gasteiger partial charge < -0.3 is 15.4 Å². The number of halogens is 1.